The molecule has 124 valence electrons. The zero-order valence-corrected chi connectivity index (χ0v) is 14.1. The van der Waals surface area contributed by atoms with Gasteiger partial charge >= 0.3 is 0 Å². The lowest BCUT2D eigenvalue weighted by molar-refractivity contribution is 0.236. The summed E-state index contributed by atoms with van der Waals surface area (Å²) in [5, 5.41) is 3.40. The molecule has 4 nitrogen and oxygen atoms in total. The van der Waals surface area contributed by atoms with Crippen LogP contribution in [-0.2, 0) is 6.42 Å². The molecule has 0 spiro atoms. The van der Waals surface area contributed by atoms with Crippen molar-refractivity contribution in [2.75, 3.05) is 46.4 Å². The lowest BCUT2D eigenvalue weighted by Gasteiger charge is -2.27. The minimum atomic E-state index is 0.744. The first-order valence-corrected chi connectivity index (χ1v) is 8.57. The number of para-hydroxylation sites is 1. The second-order valence-electron chi connectivity index (χ2n) is 5.85. The zero-order chi connectivity index (χ0) is 15.6. The molecule has 1 aromatic rings. The van der Waals surface area contributed by atoms with E-state index in [1.165, 1.54) is 38.0 Å². The first-order valence-electron chi connectivity index (χ1n) is 8.57. The molecule has 0 radical (unpaired) electrons. The summed E-state index contributed by atoms with van der Waals surface area (Å²) in [4.78, 5) is 2.55. The Morgan fingerprint density at radius 3 is 2.73 bits per heavy atom. The zero-order valence-electron chi connectivity index (χ0n) is 14.1. The maximum atomic E-state index is 5.91. The first-order chi connectivity index (χ1) is 10.8. The highest BCUT2D eigenvalue weighted by Gasteiger charge is 2.11. The van der Waals surface area contributed by atoms with Gasteiger partial charge in [-0.1, -0.05) is 19.1 Å². The number of nitrogens with zero attached hydrogens (tertiary/aromatic N) is 1. The van der Waals surface area contributed by atoms with E-state index >= 15 is 0 Å². The van der Waals surface area contributed by atoms with Gasteiger partial charge in [0.1, 0.15) is 0 Å². The predicted molar refractivity (Wildman–Crippen MR) is 91.0 cm³/mol. The molecular weight excluding hydrogens is 276 g/mol. The van der Waals surface area contributed by atoms with Gasteiger partial charge in [0.05, 0.1) is 13.7 Å². The number of aryl methyl sites for hydroxylation is 1. The number of methoxy groups -OCH3 is 1. The Bertz CT molecular complexity index is 431. The summed E-state index contributed by atoms with van der Waals surface area (Å²) in [6.07, 6.45) is 4.51. The van der Waals surface area contributed by atoms with Crippen LogP contribution >= 0.6 is 0 Å². The van der Waals surface area contributed by atoms with Crippen LogP contribution in [0.5, 0.6) is 11.5 Å². The number of unbranched alkanes of at least 4 members (excludes halogenated alkanes) is 1. The van der Waals surface area contributed by atoms with Crippen LogP contribution in [0.25, 0.3) is 0 Å². The second kappa shape index (κ2) is 9.70. The van der Waals surface area contributed by atoms with Gasteiger partial charge in [0.15, 0.2) is 11.5 Å². The average molecular weight is 306 g/mol. The molecule has 0 atom stereocenters. The largest absolute Gasteiger partial charge is 0.493 e. The van der Waals surface area contributed by atoms with Crippen molar-refractivity contribution < 1.29 is 9.47 Å². The third-order valence-electron chi connectivity index (χ3n) is 4.11. The van der Waals surface area contributed by atoms with Gasteiger partial charge in [0, 0.05) is 26.2 Å². The average Bonchev–Trinajstić information content (AvgIpc) is 2.58. The van der Waals surface area contributed by atoms with Crippen molar-refractivity contribution in [2.24, 2.45) is 0 Å². The van der Waals surface area contributed by atoms with Crippen LogP contribution in [0.1, 0.15) is 31.7 Å². The van der Waals surface area contributed by atoms with E-state index in [1.807, 2.05) is 6.07 Å². The van der Waals surface area contributed by atoms with Crippen LogP contribution in [0, 0.1) is 0 Å². The van der Waals surface area contributed by atoms with Crippen LogP contribution in [0.15, 0.2) is 18.2 Å². The van der Waals surface area contributed by atoms with Crippen molar-refractivity contribution in [2.45, 2.75) is 32.6 Å². The number of ether oxygens (including phenoxy) is 2. The van der Waals surface area contributed by atoms with E-state index < -0.39 is 0 Å². The molecule has 1 heterocycles. The highest BCUT2D eigenvalue weighted by Crippen LogP contribution is 2.32. The summed E-state index contributed by atoms with van der Waals surface area (Å²) in [5.41, 5.74) is 1.27. The Hall–Kier alpha value is -1.26. The topological polar surface area (TPSA) is 33.7 Å². The normalized spacial score (nSPS) is 15.7. The van der Waals surface area contributed by atoms with Crippen molar-refractivity contribution in [3.63, 3.8) is 0 Å². The van der Waals surface area contributed by atoms with Crippen molar-refractivity contribution in [1.29, 1.82) is 0 Å². The SMILES string of the molecule is CCCOc1c(CCCCN2CCNCC2)cccc1OC. The molecule has 0 saturated carbocycles. The Morgan fingerprint density at radius 2 is 2.00 bits per heavy atom. The number of benzene rings is 1. The smallest absolute Gasteiger partial charge is 0.164 e. The molecule has 1 N–H and O–H groups in total. The van der Waals surface area contributed by atoms with Crippen molar-refractivity contribution in [1.82, 2.24) is 10.2 Å². The molecular formula is C18H30N2O2. The summed E-state index contributed by atoms with van der Waals surface area (Å²) < 4.78 is 11.4. The fourth-order valence-electron chi connectivity index (χ4n) is 2.87. The van der Waals surface area contributed by atoms with E-state index in [2.05, 4.69) is 29.3 Å². The Labute approximate surface area is 134 Å². The van der Waals surface area contributed by atoms with E-state index in [0.29, 0.717) is 0 Å². The molecule has 0 unspecified atom stereocenters. The van der Waals surface area contributed by atoms with Crippen LogP contribution < -0.4 is 14.8 Å². The van der Waals surface area contributed by atoms with E-state index in [1.54, 1.807) is 7.11 Å². The van der Waals surface area contributed by atoms with E-state index in [4.69, 9.17) is 9.47 Å². The van der Waals surface area contributed by atoms with Crippen LogP contribution in [0.2, 0.25) is 0 Å². The van der Waals surface area contributed by atoms with Gasteiger partial charge in [0.25, 0.3) is 0 Å². The van der Waals surface area contributed by atoms with E-state index in [0.717, 1.165) is 44.0 Å². The third-order valence-corrected chi connectivity index (χ3v) is 4.11. The highest BCUT2D eigenvalue weighted by molar-refractivity contribution is 5.46. The quantitative estimate of drug-likeness (QED) is 0.711. The van der Waals surface area contributed by atoms with Crippen LogP contribution in [-0.4, -0.2) is 51.3 Å². The number of piperazine rings is 1. The lowest BCUT2D eigenvalue weighted by Crippen LogP contribution is -2.43. The van der Waals surface area contributed by atoms with E-state index in [9.17, 15) is 0 Å². The minimum absolute atomic E-state index is 0.744. The molecule has 1 fully saturated rings. The molecule has 1 saturated heterocycles. The second-order valence-corrected chi connectivity index (χ2v) is 5.85. The number of nitrogens with one attached hydrogen (secondary N) is 1. The van der Waals surface area contributed by atoms with Crippen molar-refractivity contribution in [3.05, 3.63) is 23.8 Å². The summed E-state index contributed by atoms with van der Waals surface area (Å²) in [5.74, 6) is 1.79. The summed E-state index contributed by atoms with van der Waals surface area (Å²) in [7, 11) is 1.71. The van der Waals surface area contributed by atoms with E-state index in [-0.39, 0.29) is 0 Å². The standard InChI is InChI=1S/C18H30N2O2/c1-3-15-22-18-16(8-6-9-17(18)21-2)7-4-5-12-20-13-10-19-11-14-20/h6,8-9,19H,3-5,7,10-15H2,1-2H3. The van der Waals surface area contributed by atoms with Gasteiger partial charge in [-0.25, -0.2) is 0 Å². The lowest BCUT2D eigenvalue weighted by atomic mass is 10.1. The molecule has 1 aliphatic heterocycles. The Balaban J connectivity index is 1.82. The van der Waals surface area contributed by atoms with Gasteiger partial charge in [-0.3, -0.25) is 0 Å². The third kappa shape index (κ3) is 5.18. The molecule has 0 aromatic heterocycles. The predicted octanol–water partition coefficient (Wildman–Crippen LogP) is 2.71. The molecule has 0 amide bonds. The number of rotatable bonds is 9. The molecule has 22 heavy (non-hydrogen) atoms. The Kier molecular flexibility index (Phi) is 7.54. The van der Waals surface area contributed by atoms with Gasteiger partial charge in [-0.2, -0.15) is 0 Å². The fourth-order valence-corrected chi connectivity index (χ4v) is 2.87. The van der Waals surface area contributed by atoms with Crippen molar-refractivity contribution >= 4 is 0 Å². The van der Waals surface area contributed by atoms with Gasteiger partial charge < -0.3 is 19.7 Å². The van der Waals surface area contributed by atoms with Gasteiger partial charge in [-0.15, -0.1) is 0 Å². The summed E-state index contributed by atoms with van der Waals surface area (Å²) in [6.45, 7) is 8.71. The molecule has 1 aromatic carbocycles. The minimum Gasteiger partial charge on any atom is -0.493 e. The monoisotopic (exact) mass is 306 g/mol. The maximum absolute atomic E-state index is 5.91. The first kappa shape index (κ1) is 17.1. The maximum Gasteiger partial charge on any atom is 0.164 e. The molecule has 0 bridgehead atoms. The van der Waals surface area contributed by atoms with Gasteiger partial charge in [-0.05, 0) is 43.9 Å². The molecule has 1 aliphatic rings. The fraction of sp³-hybridized carbons (Fsp3) is 0.667. The highest BCUT2D eigenvalue weighted by atomic mass is 16.5. The number of hydrogen-bond donors (Lipinski definition) is 1. The van der Waals surface area contributed by atoms with Crippen molar-refractivity contribution in [3.8, 4) is 11.5 Å². The van der Waals surface area contributed by atoms with Crippen LogP contribution in [0.3, 0.4) is 0 Å². The molecule has 4 heteroatoms. The Morgan fingerprint density at radius 1 is 1.18 bits per heavy atom. The molecule has 2 rings (SSSR count). The van der Waals surface area contributed by atoms with Crippen LogP contribution in [0.4, 0.5) is 0 Å². The molecule has 0 aliphatic carbocycles. The van der Waals surface area contributed by atoms with Gasteiger partial charge in [0.2, 0.25) is 0 Å². The summed E-state index contributed by atoms with van der Waals surface area (Å²) in [6, 6.07) is 6.21. The summed E-state index contributed by atoms with van der Waals surface area (Å²) >= 11 is 0. The number of hydrogen-bond acceptors (Lipinski definition) is 4.